The molecule has 0 aliphatic rings. The third kappa shape index (κ3) is 8.44. The summed E-state index contributed by atoms with van der Waals surface area (Å²) in [7, 11) is 1.60. The molecule has 0 saturated carbocycles. The Bertz CT molecular complexity index is 584. The highest BCUT2D eigenvalue weighted by molar-refractivity contribution is 5.95. The average molecular weight is 397 g/mol. The maximum atomic E-state index is 12.7. The number of rotatable bonds is 14. The fourth-order valence-corrected chi connectivity index (χ4v) is 3.21. The molecule has 0 spiro atoms. The molecular weight excluding hydrogens is 358 g/mol. The molecule has 1 aromatic heterocycles. The van der Waals surface area contributed by atoms with Crippen LogP contribution in [0.3, 0.4) is 0 Å². The minimum Gasteiger partial charge on any atom is -0.469 e. The third-order valence-electron chi connectivity index (χ3n) is 5.13. The number of ether oxygens (including phenoxy) is 1. The normalized spacial score (nSPS) is 12.2. The number of quaternary nitrogens is 1. The molecule has 1 rings (SSSR count). The number of nitrogens with one attached hydrogen (secondary N) is 2. The quantitative estimate of drug-likeness (QED) is 0.497. The summed E-state index contributed by atoms with van der Waals surface area (Å²) in [6.45, 7) is 12.8. The van der Waals surface area contributed by atoms with E-state index in [1.807, 2.05) is 6.92 Å². The maximum Gasteiger partial charge on any atom is 0.257 e. The zero-order valence-corrected chi connectivity index (χ0v) is 18.2. The van der Waals surface area contributed by atoms with Crippen molar-refractivity contribution in [1.29, 1.82) is 0 Å². The molecule has 0 bridgehead atoms. The SMILES string of the molecule is CC[NH+](CC)CCC[C@@H](C)NC(=O)CCN(CCOC)C(=O)c1ccoc1C. The van der Waals surface area contributed by atoms with Crippen LogP contribution in [-0.4, -0.2) is 69.2 Å². The zero-order valence-electron chi connectivity index (χ0n) is 18.2. The molecular formula is C21H38N3O4+. The van der Waals surface area contributed by atoms with Crippen molar-refractivity contribution in [3.05, 3.63) is 23.7 Å². The van der Waals surface area contributed by atoms with Crippen molar-refractivity contribution in [2.75, 3.05) is 46.4 Å². The van der Waals surface area contributed by atoms with E-state index >= 15 is 0 Å². The Hall–Kier alpha value is -1.86. The zero-order chi connectivity index (χ0) is 20.9. The predicted molar refractivity (Wildman–Crippen MR) is 110 cm³/mol. The molecule has 160 valence electrons. The van der Waals surface area contributed by atoms with Crippen LogP contribution in [0.4, 0.5) is 0 Å². The fourth-order valence-electron chi connectivity index (χ4n) is 3.21. The molecule has 2 N–H and O–H groups in total. The highest BCUT2D eigenvalue weighted by Gasteiger charge is 2.20. The van der Waals surface area contributed by atoms with E-state index in [-0.39, 0.29) is 24.3 Å². The van der Waals surface area contributed by atoms with Crippen LogP contribution in [0.15, 0.2) is 16.7 Å². The smallest absolute Gasteiger partial charge is 0.257 e. The van der Waals surface area contributed by atoms with Crippen LogP contribution in [0.1, 0.15) is 56.2 Å². The van der Waals surface area contributed by atoms with Gasteiger partial charge in [-0.1, -0.05) is 0 Å². The molecule has 28 heavy (non-hydrogen) atoms. The van der Waals surface area contributed by atoms with E-state index < -0.39 is 0 Å². The highest BCUT2D eigenvalue weighted by Crippen LogP contribution is 2.12. The number of amides is 2. The maximum absolute atomic E-state index is 12.7. The van der Waals surface area contributed by atoms with Gasteiger partial charge in [0.25, 0.3) is 5.91 Å². The summed E-state index contributed by atoms with van der Waals surface area (Å²) >= 11 is 0. The number of aryl methyl sites for hydroxylation is 1. The summed E-state index contributed by atoms with van der Waals surface area (Å²) in [5.41, 5.74) is 0.531. The van der Waals surface area contributed by atoms with Crippen LogP contribution in [0, 0.1) is 6.92 Å². The lowest BCUT2D eigenvalue weighted by atomic mass is 10.1. The molecule has 0 radical (unpaired) electrons. The number of methoxy groups -OCH3 is 1. The van der Waals surface area contributed by atoms with E-state index in [4.69, 9.17) is 9.15 Å². The van der Waals surface area contributed by atoms with E-state index in [1.165, 1.54) is 6.26 Å². The van der Waals surface area contributed by atoms with Gasteiger partial charge in [-0.2, -0.15) is 0 Å². The first-order valence-electron chi connectivity index (χ1n) is 10.4. The Morgan fingerprint density at radius 2 is 2.00 bits per heavy atom. The number of hydrogen-bond donors (Lipinski definition) is 2. The van der Waals surface area contributed by atoms with Crippen molar-refractivity contribution in [3.63, 3.8) is 0 Å². The summed E-state index contributed by atoms with van der Waals surface area (Å²) in [6, 6.07) is 1.80. The molecule has 2 amide bonds. The van der Waals surface area contributed by atoms with E-state index in [0.29, 0.717) is 31.0 Å². The predicted octanol–water partition coefficient (Wildman–Crippen LogP) is 1.28. The van der Waals surface area contributed by atoms with Crippen molar-refractivity contribution in [2.24, 2.45) is 0 Å². The molecule has 7 nitrogen and oxygen atoms in total. The Kier molecular flexibility index (Phi) is 11.5. The largest absolute Gasteiger partial charge is 0.469 e. The van der Waals surface area contributed by atoms with Gasteiger partial charge < -0.3 is 24.3 Å². The van der Waals surface area contributed by atoms with Gasteiger partial charge in [0.2, 0.25) is 5.91 Å². The Balaban J connectivity index is 2.45. The summed E-state index contributed by atoms with van der Waals surface area (Å²) in [5.74, 6) is 0.425. The minimum absolute atomic E-state index is 0.0261. The van der Waals surface area contributed by atoms with Gasteiger partial charge in [-0.25, -0.2) is 0 Å². The second kappa shape index (κ2) is 13.3. The van der Waals surface area contributed by atoms with Gasteiger partial charge in [0.1, 0.15) is 5.76 Å². The minimum atomic E-state index is -0.133. The van der Waals surface area contributed by atoms with Gasteiger partial charge >= 0.3 is 0 Å². The third-order valence-corrected chi connectivity index (χ3v) is 5.13. The van der Waals surface area contributed by atoms with E-state index in [9.17, 15) is 9.59 Å². The molecule has 0 fully saturated rings. The fraction of sp³-hybridized carbons (Fsp3) is 0.714. The summed E-state index contributed by atoms with van der Waals surface area (Å²) in [6.07, 6.45) is 3.84. The van der Waals surface area contributed by atoms with Crippen LogP contribution in [0.5, 0.6) is 0 Å². The van der Waals surface area contributed by atoms with Crippen LogP contribution in [0.2, 0.25) is 0 Å². The van der Waals surface area contributed by atoms with Gasteiger partial charge in [0.05, 0.1) is 38.1 Å². The van der Waals surface area contributed by atoms with Crippen molar-refractivity contribution in [2.45, 2.75) is 53.0 Å². The molecule has 7 heteroatoms. The topological polar surface area (TPSA) is 76.2 Å². The van der Waals surface area contributed by atoms with Gasteiger partial charge in [-0.3, -0.25) is 9.59 Å². The molecule has 0 saturated heterocycles. The van der Waals surface area contributed by atoms with Crippen LogP contribution >= 0.6 is 0 Å². The summed E-state index contributed by atoms with van der Waals surface area (Å²) < 4.78 is 10.3. The van der Waals surface area contributed by atoms with E-state index in [1.54, 1.807) is 29.9 Å². The van der Waals surface area contributed by atoms with Gasteiger partial charge in [-0.15, -0.1) is 0 Å². The molecule has 1 heterocycles. The monoisotopic (exact) mass is 396 g/mol. The number of carbonyl (C=O) groups is 2. The number of nitrogens with zero attached hydrogens (tertiary/aromatic N) is 1. The Morgan fingerprint density at radius 1 is 1.29 bits per heavy atom. The molecule has 0 aliphatic heterocycles. The number of carbonyl (C=O) groups excluding carboxylic acids is 2. The van der Waals surface area contributed by atoms with E-state index in [2.05, 4.69) is 19.2 Å². The Morgan fingerprint density at radius 3 is 2.57 bits per heavy atom. The first-order chi connectivity index (χ1) is 13.4. The molecule has 1 aromatic rings. The second-order valence-electron chi connectivity index (χ2n) is 7.24. The summed E-state index contributed by atoms with van der Waals surface area (Å²) in [5, 5.41) is 3.05. The van der Waals surface area contributed by atoms with Crippen molar-refractivity contribution < 1.29 is 23.6 Å². The van der Waals surface area contributed by atoms with Crippen molar-refractivity contribution in [3.8, 4) is 0 Å². The van der Waals surface area contributed by atoms with Crippen molar-refractivity contribution >= 4 is 11.8 Å². The lowest BCUT2D eigenvalue weighted by Gasteiger charge is -2.23. The molecule has 0 aliphatic carbocycles. The lowest BCUT2D eigenvalue weighted by Crippen LogP contribution is -3.11. The van der Waals surface area contributed by atoms with Gasteiger partial charge in [-0.05, 0) is 46.6 Å². The van der Waals surface area contributed by atoms with E-state index in [0.717, 1.165) is 32.5 Å². The Labute approximate surface area is 169 Å². The number of furan rings is 1. The lowest BCUT2D eigenvalue weighted by molar-refractivity contribution is -0.896. The summed E-state index contributed by atoms with van der Waals surface area (Å²) in [4.78, 5) is 28.3. The van der Waals surface area contributed by atoms with Crippen LogP contribution < -0.4 is 10.2 Å². The van der Waals surface area contributed by atoms with Crippen LogP contribution in [-0.2, 0) is 9.53 Å². The highest BCUT2D eigenvalue weighted by atomic mass is 16.5. The molecule has 1 atom stereocenters. The first-order valence-corrected chi connectivity index (χ1v) is 10.4. The standard InChI is InChI=1S/C21H37N3O4/c1-6-23(7-2)12-8-9-17(3)22-20(25)10-13-24(14-16-27-5)21(26)19-11-15-28-18(19)4/h11,15,17H,6-10,12-14,16H2,1-5H3,(H,22,25)/p+1/t17-/m1/s1. The second-order valence-corrected chi connectivity index (χ2v) is 7.24. The van der Waals surface area contributed by atoms with Gasteiger partial charge in [0.15, 0.2) is 0 Å². The molecule has 0 unspecified atom stereocenters. The average Bonchev–Trinajstić information content (AvgIpc) is 3.10. The molecule has 0 aromatic carbocycles. The number of hydrogen-bond acceptors (Lipinski definition) is 4. The van der Waals surface area contributed by atoms with Crippen molar-refractivity contribution in [1.82, 2.24) is 10.2 Å². The van der Waals surface area contributed by atoms with Gasteiger partial charge in [0, 0.05) is 32.7 Å². The van der Waals surface area contributed by atoms with Crippen LogP contribution in [0.25, 0.3) is 0 Å². The first kappa shape index (κ1) is 24.2.